The van der Waals surface area contributed by atoms with E-state index in [1.165, 1.54) is 21.9 Å². The molecule has 2 N–H and O–H groups in total. The highest BCUT2D eigenvalue weighted by Crippen LogP contribution is 2.37. The van der Waals surface area contributed by atoms with Gasteiger partial charge in [-0.15, -0.1) is 0 Å². The first-order valence-corrected chi connectivity index (χ1v) is 9.09. The number of para-hydroxylation sites is 2. The third-order valence-corrected chi connectivity index (χ3v) is 5.00. The fourth-order valence-electron chi connectivity index (χ4n) is 3.89. The first kappa shape index (κ1) is 15.0. The molecule has 0 heterocycles. The Morgan fingerprint density at radius 3 is 1.42 bits per heavy atom. The highest BCUT2D eigenvalue weighted by atomic mass is 14.9. The van der Waals surface area contributed by atoms with E-state index in [0.717, 1.165) is 35.6 Å². The SMILES string of the molecule is c1ccc(Nc2cc3c4c(cc(Nc5ccccc5)cc4c2)CC3)cc1. The lowest BCUT2D eigenvalue weighted by molar-refractivity contribution is 1.02. The predicted molar refractivity (Wildman–Crippen MR) is 111 cm³/mol. The second-order valence-electron chi connectivity index (χ2n) is 6.85. The molecule has 0 bridgehead atoms. The van der Waals surface area contributed by atoms with Gasteiger partial charge in [-0.05, 0) is 83.3 Å². The van der Waals surface area contributed by atoms with Crippen molar-refractivity contribution in [1.82, 2.24) is 0 Å². The summed E-state index contributed by atoms with van der Waals surface area (Å²) < 4.78 is 0. The first-order valence-electron chi connectivity index (χ1n) is 9.09. The molecule has 0 amide bonds. The maximum absolute atomic E-state index is 3.54. The average molecular weight is 336 g/mol. The van der Waals surface area contributed by atoms with E-state index in [-0.39, 0.29) is 0 Å². The van der Waals surface area contributed by atoms with Crippen LogP contribution < -0.4 is 10.6 Å². The van der Waals surface area contributed by atoms with Crippen molar-refractivity contribution in [2.24, 2.45) is 0 Å². The zero-order valence-corrected chi connectivity index (χ0v) is 14.5. The summed E-state index contributed by atoms with van der Waals surface area (Å²) in [6.07, 6.45) is 2.23. The maximum atomic E-state index is 3.54. The summed E-state index contributed by atoms with van der Waals surface area (Å²) in [5, 5.41) is 9.82. The molecule has 0 saturated carbocycles. The van der Waals surface area contributed by atoms with Crippen molar-refractivity contribution >= 4 is 33.5 Å². The molecule has 1 aliphatic rings. The van der Waals surface area contributed by atoms with E-state index < -0.39 is 0 Å². The van der Waals surface area contributed by atoms with Crippen molar-refractivity contribution in [2.45, 2.75) is 12.8 Å². The highest BCUT2D eigenvalue weighted by Gasteiger charge is 2.16. The Labute approximate surface area is 153 Å². The summed E-state index contributed by atoms with van der Waals surface area (Å²) in [4.78, 5) is 0. The minimum absolute atomic E-state index is 1.12. The molecular formula is C24H20N2. The van der Waals surface area contributed by atoms with Gasteiger partial charge in [0.05, 0.1) is 0 Å². The molecule has 0 aliphatic heterocycles. The fraction of sp³-hybridized carbons (Fsp3) is 0.0833. The van der Waals surface area contributed by atoms with E-state index in [4.69, 9.17) is 0 Å². The lowest BCUT2D eigenvalue weighted by Crippen LogP contribution is -1.93. The number of anilines is 4. The maximum Gasteiger partial charge on any atom is 0.0393 e. The van der Waals surface area contributed by atoms with Gasteiger partial charge >= 0.3 is 0 Å². The van der Waals surface area contributed by atoms with Gasteiger partial charge in [0, 0.05) is 22.7 Å². The summed E-state index contributed by atoms with van der Waals surface area (Å²) >= 11 is 0. The van der Waals surface area contributed by atoms with Crippen LogP contribution in [0.25, 0.3) is 10.8 Å². The fourth-order valence-corrected chi connectivity index (χ4v) is 3.89. The number of nitrogens with one attached hydrogen (secondary N) is 2. The van der Waals surface area contributed by atoms with Crippen molar-refractivity contribution in [3.8, 4) is 0 Å². The van der Waals surface area contributed by atoms with Crippen LogP contribution in [0.5, 0.6) is 0 Å². The molecule has 0 radical (unpaired) electrons. The van der Waals surface area contributed by atoms with Crippen LogP contribution in [0.3, 0.4) is 0 Å². The van der Waals surface area contributed by atoms with Crippen LogP contribution in [0.4, 0.5) is 22.7 Å². The zero-order valence-electron chi connectivity index (χ0n) is 14.5. The molecule has 0 unspecified atom stereocenters. The Balaban J connectivity index is 1.55. The molecular weight excluding hydrogens is 316 g/mol. The topological polar surface area (TPSA) is 24.1 Å². The number of benzene rings is 4. The van der Waals surface area contributed by atoms with Gasteiger partial charge in [0.1, 0.15) is 0 Å². The number of rotatable bonds is 4. The molecule has 2 nitrogen and oxygen atoms in total. The predicted octanol–water partition coefficient (Wildman–Crippen LogP) is 6.43. The monoisotopic (exact) mass is 336 g/mol. The zero-order chi connectivity index (χ0) is 17.3. The van der Waals surface area contributed by atoms with Gasteiger partial charge < -0.3 is 10.6 Å². The lowest BCUT2D eigenvalue weighted by atomic mass is 10.0. The second kappa shape index (κ2) is 6.23. The third kappa shape index (κ3) is 2.80. The van der Waals surface area contributed by atoms with Gasteiger partial charge in [-0.2, -0.15) is 0 Å². The molecule has 0 saturated heterocycles. The quantitative estimate of drug-likeness (QED) is 0.449. The minimum atomic E-state index is 1.12. The molecule has 5 rings (SSSR count). The van der Waals surface area contributed by atoms with E-state index in [1.807, 2.05) is 12.1 Å². The molecule has 2 heteroatoms. The Morgan fingerprint density at radius 1 is 0.500 bits per heavy atom. The molecule has 4 aromatic rings. The lowest BCUT2D eigenvalue weighted by Gasteiger charge is -2.12. The minimum Gasteiger partial charge on any atom is -0.356 e. The number of hydrogen-bond donors (Lipinski definition) is 2. The first-order chi connectivity index (χ1) is 12.8. The largest absolute Gasteiger partial charge is 0.356 e. The molecule has 126 valence electrons. The summed E-state index contributed by atoms with van der Waals surface area (Å²) in [6, 6.07) is 29.8. The second-order valence-corrected chi connectivity index (χ2v) is 6.85. The Morgan fingerprint density at radius 2 is 0.962 bits per heavy atom. The van der Waals surface area contributed by atoms with Crippen LogP contribution in [-0.2, 0) is 12.8 Å². The summed E-state index contributed by atoms with van der Waals surface area (Å²) in [5.74, 6) is 0. The van der Waals surface area contributed by atoms with E-state index in [0.29, 0.717) is 0 Å². The van der Waals surface area contributed by atoms with Gasteiger partial charge in [-0.1, -0.05) is 36.4 Å². The molecule has 0 fully saturated rings. The molecule has 0 atom stereocenters. The average Bonchev–Trinajstić information content (AvgIpc) is 3.07. The van der Waals surface area contributed by atoms with Crippen LogP contribution in [0.2, 0.25) is 0 Å². The smallest absolute Gasteiger partial charge is 0.0393 e. The highest BCUT2D eigenvalue weighted by molar-refractivity contribution is 5.96. The summed E-state index contributed by atoms with van der Waals surface area (Å²) in [7, 11) is 0. The van der Waals surface area contributed by atoms with Crippen molar-refractivity contribution in [3.05, 3.63) is 96.1 Å². The molecule has 26 heavy (non-hydrogen) atoms. The number of hydrogen-bond acceptors (Lipinski definition) is 2. The van der Waals surface area contributed by atoms with Gasteiger partial charge in [0.2, 0.25) is 0 Å². The molecule has 0 spiro atoms. The standard InChI is InChI=1S/C24H20N2/c1-3-7-20(8-4-1)25-22-13-17-11-12-18-14-23(16-19(15-22)24(17)18)26-21-9-5-2-6-10-21/h1-10,13-16,25-26H,11-12H2. The molecule has 0 aromatic heterocycles. The number of aryl methyl sites for hydroxylation is 2. The van der Waals surface area contributed by atoms with Gasteiger partial charge in [0.15, 0.2) is 0 Å². The molecule has 4 aromatic carbocycles. The van der Waals surface area contributed by atoms with Crippen LogP contribution in [0.15, 0.2) is 84.9 Å². The van der Waals surface area contributed by atoms with Crippen LogP contribution in [0.1, 0.15) is 11.1 Å². The Bertz CT molecular complexity index is 985. The van der Waals surface area contributed by atoms with E-state index in [2.05, 4.69) is 83.4 Å². The van der Waals surface area contributed by atoms with Crippen molar-refractivity contribution in [2.75, 3.05) is 10.6 Å². The van der Waals surface area contributed by atoms with E-state index in [9.17, 15) is 0 Å². The van der Waals surface area contributed by atoms with Gasteiger partial charge in [0.25, 0.3) is 0 Å². The molecule has 1 aliphatic carbocycles. The van der Waals surface area contributed by atoms with E-state index in [1.54, 1.807) is 0 Å². The Hall–Kier alpha value is -3.26. The van der Waals surface area contributed by atoms with Crippen LogP contribution in [0, 0.1) is 0 Å². The van der Waals surface area contributed by atoms with Gasteiger partial charge in [-0.25, -0.2) is 0 Å². The van der Waals surface area contributed by atoms with Crippen molar-refractivity contribution < 1.29 is 0 Å². The van der Waals surface area contributed by atoms with Crippen molar-refractivity contribution in [1.29, 1.82) is 0 Å². The normalized spacial score (nSPS) is 12.3. The Kier molecular flexibility index (Phi) is 3.60. The van der Waals surface area contributed by atoms with Crippen molar-refractivity contribution in [3.63, 3.8) is 0 Å². The van der Waals surface area contributed by atoms with E-state index >= 15 is 0 Å². The third-order valence-electron chi connectivity index (χ3n) is 5.00. The van der Waals surface area contributed by atoms with Gasteiger partial charge in [-0.3, -0.25) is 0 Å². The summed E-state index contributed by atoms with van der Waals surface area (Å²) in [6.45, 7) is 0. The summed E-state index contributed by atoms with van der Waals surface area (Å²) in [5.41, 5.74) is 7.45. The van der Waals surface area contributed by atoms with Crippen LogP contribution in [-0.4, -0.2) is 0 Å². The van der Waals surface area contributed by atoms with Crippen LogP contribution >= 0.6 is 0 Å².